The fraction of sp³-hybridized carbons (Fsp3) is 0.368. The molecule has 1 unspecified atom stereocenters. The lowest BCUT2D eigenvalue weighted by atomic mass is 9.97. The third-order valence-corrected chi connectivity index (χ3v) is 6.14. The van der Waals surface area contributed by atoms with Gasteiger partial charge in [0.1, 0.15) is 11.5 Å². The summed E-state index contributed by atoms with van der Waals surface area (Å²) in [6.07, 6.45) is 0.892. The molecule has 2 aromatic rings. The highest BCUT2D eigenvalue weighted by atomic mass is 32.1. The Hall–Kier alpha value is -2.81. The highest BCUT2D eigenvalue weighted by molar-refractivity contribution is 7.10. The molecule has 0 bridgehead atoms. The number of hydrogen-bond acceptors (Lipinski definition) is 6. The smallest absolute Gasteiger partial charge is 0.407 e. The summed E-state index contributed by atoms with van der Waals surface area (Å²) in [6.45, 7) is 1.01. The molecule has 7 nitrogen and oxygen atoms in total. The standard InChI is InChI=1S/C19H18FN3O4S/c20-13-3-1-2-12(9-24)17(13)16-8-14(22-27-16)15-10-28-18(21-15)11-4-6-23(7-5-11)19(25)26/h1-3,9-11,16H,4-8H2,(H,25,26). The second-order valence-electron chi connectivity index (χ2n) is 6.81. The molecule has 1 fully saturated rings. The Kier molecular flexibility index (Phi) is 5.08. The highest BCUT2D eigenvalue weighted by Gasteiger charge is 2.31. The van der Waals surface area contributed by atoms with E-state index in [4.69, 9.17) is 9.94 Å². The van der Waals surface area contributed by atoms with E-state index in [9.17, 15) is 14.0 Å². The lowest BCUT2D eigenvalue weighted by Crippen LogP contribution is -2.36. The molecule has 28 heavy (non-hydrogen) atoms. The van der Waals surface area contributed by atoms with Crippen molar-refractivity contribution in [3.63, 3.8) is 0 Å². The van der Waals surface area contributed by atoms with E-state index < -0.39 is 18.0 Å². The molecule has 1 N–H and O–H groups in total. The molecule has 1 aromatic carbocycles. The minimum absolute atomic E-state index is 0.216. The molecule has 1 saturated heterocycles. The Morgan fingerprint density at radius 2 is 2.14 bits per heavy atom. The molecule has 1 atom stereocenters. The van der Waals surface area contributed by atoms with Crippen LogP contribution in [0.15, 0.2) is 28.7 Å². The first-order chi connectivity index (χ1) is 13.6. The van der Waals surface area contributed by atoms with E-state index in [1.165, 1.54) is 28.4 Å². The van der Waals surface area contributed by atoms with E-state index in [0.717, 1.165) is 17.8 Å². The number of hydrogen-bond donors (Lipinski definition) is 1. The number of oxime groups is 1. The third-order valence-electron chi connectivity index (χ3n) is 5.14. The second-order valence-corrected chi connectivity index (χ2v) is 7.70. The maximum Gasteiger partial charge on any atom is 0.407 e. The summed E-state index contributed by atoms with van der Waals surface area (Å²) in [7, 11) is 0. The average molecular weight is 403 g/mol. The number of amides is 1. The zero-order chi connectivity index (χ0) is 19.7. The number of aldehydes is 1. The lowest BCUT2D eigenvalue weighted by molar-refractivity contribution is 0.0816. The van der Waals surface area contributed by atoms with Crippen LogP contribution in [0.3, 0.4) is 0 Å². The van der Waals surface area contributed by atoms with E-state index in [0.29, 0.717) is 37.2 Å². The minimum Gasteiger partial charge on any atom is -0.465 e. The van der Waals surface area contributed by atoms with Gasteiger partial charge in [0.2, 0.25) is 0 Å². The zero-order valence-corrected chi connectivity index (χ0v) is 15.7. The summed E-state index contributed by atoms with van der Waals surface area (Å²) >= 11 is 1.52. The number of halogens is 1. The van der Waals surface area contributed by atoms with Crippen LogP contribution in [-0.4, -0.2) is 46.2 Å². The van der Waals surface area contributed by atoms with Crippen molar-refractivity contribution in [1.29, 1.82) is 0 Å². The average Bonchev–Trinajstić information content (AvgIpc) is 3.37. The van der Waals surface area contributed by atoms with Gasteiger partial charge in [0, 0.05) is 41.9 Å². The molecule has 2 aliphatic rings. The van der Waals surface area contributed by atoms with Gasteiger partial charge in [0.25, 0.3) is 0 Å². The molecule has 1 amide bonds. The van der Waals surface area contributed by atoms with Gasteiger partial charge < -0.3 is 14.8 Å². The van der Waals surface area contributed by atoms with Crippen molar-refractivity contribution < 1.29 is 23.9 Å². The first kappa shape index (κ1) is 18.5. The molecular weight excluding hydrogens is 385 g/mol. The number of carbonyl (C=O) groups excluding carboxylic acids is 1. The SMILES string of the molecule is O=Cc1cccc(F)c1C1CC(c2csc(C3CCN(C(=O)O)CC3)n2)=NO1. The molecular formula is C19H18FN3O4S. The highest BCUT2D eigenvalue weighted by Crippen LogP contribution is 2.35. The summed E-state index contributed by atoms with van der Waals surface area (Å²) in [4.78, 5) is 33.7. The van der Waals surface area contributed by atoms with Crippen molar-refractivity contribution in [3.05, 3.63) is 51.2 Å². The first-order valence-electron chi connectivity index (χ1n) is 8.96. The molecule has 146 valence electrons. The van der Waals surface area contributed by atoms with Gasteiger partial charge in [-0.2, -0.15) is 0 Å². The molecule has 0 radical (unpaired) electrons. The van der Waals surface area contributed by atoms with Gasteiger partial charge in [-0.05, 0) is 18.9 Å². The Morgan fingerprint density at radius 1 is 1.36 bits per heavy atom. The number of aromatic nitrogens is 1. The zero-order valence-electron chi connectivity index (χ0n) is 14.9. The second kappa shape index (κ2) is 7.67. The molecule has 0 saturated carbocycles. The minimum atomic E-state index is -0.885. The fourth-order valence-electron chi connectivity index (χ4n) is 3.61. The number of piperidine rings is 1. The van der Waals surface area contributed by atoms with Gasteiger partial charge in [0.15, 0.2) is 12.4 Å². The van der Waals surface area contributed by atoms with E-state index in [1.807, 2.05) is 5.38 Å². The largest absolute Gasteiger partial charge is 0.465 e. The van der Waals surface area contributed by atoms with Crippen molar-refractivity contribution in [3.8, 4) is 0 Å². The predicted molar refractivity (Wildman–Crippen MR) is 100 cm³/mol. The summed E-state index contributed by atoms with van der Waals surface area (Å²) in [5.74, 6) is -0.267. The Balaban J connectivity index is 1.45. The Bertz CT molecular complexity index is 937. The van der Waals surface area contributed by atoms with Crippen LogP contribution in [0.4, 0.5) is 9.18 Å². The summed E-state index contributed by atoms with van der Waals surface area (Å²) in [5, 5.41) is 16.0. The van der Waals surface area contributed by atoms with Crippen molar-refractivity contribution in [2.24, 2.45) is 5.16 Å². The summed E-state index contributed by atoms with van der Waals surface area (Å²) in [5.41, 5.74) is 1.78. The van der Waals surface area contributed by atoms with Crippen LogP contribution in [0.1, 0.15) is 57.9 Å². The van der Waals surface area contributed by atoms with Gasteiger partial charge >= 0.3 is 6.09 Å². The number of carbonyl (C=O) groups is 2. The molecule has 4 rings (SSSR count). The quantitative estimate of drug-likeness (QED) is 0.784. The van der Waals surface area contributed by atoms with Crippen LogP contribution in [0.2, 0.25) is 0 Å². The van der Waals surface area contributed by atoms with Crippen molar-refractivity contribution >= 4 is 29.4 Å². The summed E-state index contributed by atoms with van der Waals surface area (Å²) < 4.78 is 14.2. The number of nitrogens with zero attached hydrogens (tertiary/aromatic N) is 3. The number of benzene rings is 1. The van der Waals surface area contributed by atoms with Gasteiger partial charge in [-0.15, -0.1) is 11.3 Å². The number of likely N-dealkylation sites (tertiary alicyclic amines) is 1. The Labute approximate surface area is 164 Å². The van der Waals surface area contributed by atoms with Gasteiger partial charge in [-0.25, -0.2) is 14.2 Å². The fourth-order valence-corrected chi connectivity index (χ4v) is 4.61. The molecule has 0 spiro atoms. The number of rotatable bonds is 4. The summed E-state index contributed by atoms with van der Waals surface area (Å²) in [6, 6.07) is 4.34. The van der Waals surface area contributed by atoms with Crippen molar-refractivity contribution in [2.45, 2.75) is 31.3 Å². The normalized spacial score (nSPS) is 20.0. The lowest BCUT2D eigenvalue weighted by Gasteiger charge is -2.28. The van der Waals surface area contributed by atoms with Gasteiger partial charge in [-0.3, -0.25) is 4.79 Å². The van der Waals surface area contributed by atoms with Crippen LogP contribution in [0.25, 0.3) is 0 Å². The van der Waals surface area contributed by atoms with E-state index in [1.54, 1.807) is 6.07 Å². The van der Waals surface area contributed by atoms with E-state index >= 15 is 0 Å². The van der Waals surface area contributed by atoms with Crippen molar-refractivity contribution in [2.75, 3.05) is 13.1 Å². The van der Waals surface area contributed by atoms with Crippen LogP contribution in [0, 0.1) is 5.82 Å². The van der Waals surface area contributed by atoms with Gasteiger partial charge in [0.05, 0.1) is 10.7 Å². The van der Waals surface area contributed by atoms with E-state index in [2.05, 4.69) is 10.1 Å². The monoisotopic (exact) mass is 403 g/mol. The van der Waals surface area contributed by atoms with E-state index in [-0.39, 0.29) is 17.0 Å². The topological polar surface area (TPSA) is 92.1 Å². The molecule has 1 aromatic heterocycles. The maximum atomic E-state index is 14.2. The Morgan fingerprint density at radius 3 is 2.86 bits per heavy atom. The van der Waals surface area contributed by atoms with Crippen molar-refractivity contribution in [1.82, 2.24) is 9.88 Å². The van der Waals surface area contributed by atoms with Crippen LogP contribution in [-0.2, 0) is 4.84 Å². The number of carboxylic acid groups (broad SMARTS) is 1. The predicted octanol–water partition coefficient (Wildman–Crippen LogP) is 3.82. The molecule has 2 aliphatic heterocycles. The number of thiazole rings is 1. The van der Waals surface area contributed by atoms with Gasteiger partial charge in [-0.1, -0.05) is 17.3 Å². The maximum absolute atomic E-state index is 14.2. The first-order valence-corrected chi connectivity index (χ1v) is 9.84. The van der Waals surface area contributed by atoms with Crippen LogP contribution in [0.5, 0.6) is 0 Å². The molecule has 0 aliphatic carbocycles. The van der Waals surface area contributed by atoms with Crippen LogP contribution < -0.4 is 0 Å². The molecule has 9 heteroatoms. The third kappa shape index (κ3) is 3.49. The molecule has 3 heterocycles. The van der Waals surface area contributed by atoms with Crippen LogP contribution >= 0.6 is 11.3 Å².